The molecule has 6 heteroatoms. The van der Waals surface area contributed by atoms with Crippen LogP contribution in [0, 0.1) is 0 Å². The van der Waals surface area contributed by atoms with Crippen molar-refractivity contribution in [2.24, 2.45) is 10.1 Å². The van der Waals surface area contributed by atoms with Crippen LogP contribution >= 0.6 is 15.9 Å². The number of nitrogens with zero attached hydrogens (tertiary/aromatic N) is 2. The van der Waals surface area contributed by atoms with Gasteiger partial charge < -0.3 is 9.47 Å². The van der Waals surface area contributed by atoms with Crippen molar-refractivity contribution < 1.29 is 9.47 Å². The van der Waals surface area contributed by atoms with E-state index in [1.165, 1.54) is 0 Å². The van der Waals surface area contributed by atoms with Gasteiger partial charge in [-0.05, 0) is 73.7 Å². The number of ether oxygens (including phenoxy) is 2. The number of nitrogens with one attached hydrogen (secondary N) is 1. The Morgan fingerprint density at radius 1 is 0.897 bits per heavy atom. The Balaban J connectivity index is 1.76. The Labute approximate surface area is 178 Å². The molecule has 0 saturated carbocycles. The molecule has 0 bridgehead atoms. The topological polar surface area (TPSA) is 55.2 Å². The second-order valence-corrected chi connectivity index (χ2v) is 7.30. The summed E-state index contributed by atoms with van der Waals surface area (Å²) >= 11 is 3.56. The Morgan fingerprint density at radius 3 is 2.28 bits per heavy atom. The number of hydrazone groups is 1. The van der Waals surface area contributed by atoms with Gasteiger partial charge in [-0.1, -0.05) is 15.9 Å². The molecule has 0 radical (unpaired) electrons. The maximum atomic E-state index is 5.53. The minimum atomic E-state index is 0.635. The first-order valence-electron chi connectivity index (χ1n) is 9.28. The highest BCUT2D eigenvalue weighted by Gasteiger charge is 2.18. The summed E-state index contributed by atoms with van der Waals surface area (Å²) in [7, 11) is 1.66. The van der Waals surface area contributed by atoms with E-state index in [4.69, 9.17) is 19.6 Å². The largest absolute Gasteiger partial charge is 0.497 e. The van der Waals surface area contributed by atoms with Gasteiger partial charge in [-0.25, -0.2) is 4.99 Å². The van der Waals surface area contributed by atoms with Crippen LogP contribution in [0.15, 0.2) is 81.3 Å². The molecule has 1 aliphatic heterocycles. The molecule has 0 unspecified atom stereocenters. The van der Waals surface area contributed by atoms with Gasteiger partial charge in [0.05, 0.1) is 19.4 Å². The SMILES string of the molecule is CCOc1ccc(C2=Nc3ccc(Br)cc3C(c3ccc(OC)cc3)=NN2)cc1. The number of benzene rings is 3. The molecule has 3 aromatic carbocycles. The number of methoxy groups -OCH3 is 1. The van der Waals surface area contributed by atoms with Crippen molar-refractivity contribution in [1.29, 1.82) is 0 Å². The first-order valence-corrected chi connectivity index (χ1v) is 10.1. The van der Waals surface area contributed by atoms with Crippen molar-refractivity contribution in [1.82, 2.24) is 5.43 Å². The van der Waals surface area contributed by atoms with Crippen LogP contribution in [0.4, 0.5) is 5.69 Å². The lowest BCUT2D eigenvalue weighted by Gasteiger charge is -2.09. The van der Waals surface area contributed by atoms with Gasteiger partial charge in [0, 0.05) is 21.2 Å². The van der Waals surface area contributed by atoms with E-state index in [2.05, 4.69) is 21.4 Å². The Hall–Kier alpha value is -3.12. The molecule has 5 nitrogen and oxygen atoms in total. The lowest BCUT2D eigenvalue weighted by molar-refractivity contribution is 0.340. The summed E-state index contributed by atoms with van der Waals surface area (Å²) in [6, 6.07) is 21.7. The third kappa shape index (κ3) is 4.17. The van der Waals surface area contributed by atoms with Gasteiger partial charge in [0.15, 0.2) is 5.84 Å². The van der Waals surface area contributed by atoms with Crippen molar-refractivity contribution in [3.8, 4) is 11.5 Å². The maximum absolute atomic E-state index is 5.53. The Kier molecular flexibility index (Phi) is 5.62. The number of aliphatic imine (C=N–C) groups is 1. The second-order valence-electron chi connectivity index (χ2n) is 6.38. The highest BCUT2D eigenvalue weighted by molar-refractivity contribution is 9.10. The van der Waals surface area contributed by atoms with E-state index in [0.717, 1.165) is 44.1 Å². The molecule has 0 saturated heterocycles. The predicted molar refractivity (Wildman–Crippen MR) is 120 cm³/mol. The smallest absolute Gasteiger partial charge is 0.154 e. The molecule has 0 aromatic heterocycles. The lowest BCUT2D eigenvalue weighted by atomic mass is 10.0. The molecule has 0 amide bonds. The van der Waals surface area contributed by atoms with Crippen LogP contribution in [0.3, 0.4) is 0 Å². The average molecular weight is 450 g/mol. The van der Waals surface area contributed by atoms with E-state index in [1.807, 2.05) is 73.7 Å². The lowest BCUT2D eigenvalue weighted by Crippen LogP contribution is -2.19. The number of fused-ring (bicyclic) bond motifs is 1. The summed E-state index contributed by atoms with van der Waals surface area (Å²) < 4.78 is 11.8. The van der Waals surface area contributed by atoms with Crippen molar-refractivity contribution >= 4 is 33.2 Å². The van der Waals surface area contributed by atoms with E-state index in [-0.39, 0.29) is 0 Å². The fraction of sp³-hybridized carbons (Fsp3) is 0.130. The summed E-state index contributed by atoms with van der Waals surface area (Å²) in [4.78, 5) is 4.84. The quantitative estimate of drug-likeness (QED) is 0.575. The fourth-order valence-electron chi connectivity index (χ4n) is 3.08. The average Bonchev–Trinajstić information content (AvgIpc) is 2.94. The number of amidine groups is 1. The van der Waals surface area contributed by atoms with Gasteiger partial charge in [-0.3, -0.25) is 5.43 Å². The summed E-state index contributed by atoms with van der Waals surface area (Å²) in [6.07, 6.45) is 0. The number of hydrogen-bond donors (Lipinski definition) is 1. The van der Waals surface area contributed by atoms with Gasteiger partial charge in [-0.15, -0.1) is 0 Å². The molecule has 146 valence electrons. The molecule has 1 aliphatic rings. The van der Waals surface area contributed by atoms with E-state index < -0.39 is 0 Å². The summed E-state index contributed by atoms with van der Waals surface area (Å²) in [5.74, 6) is 2.31. The molecular formula is C23H20BrN3O2. The van der Waals surface area contributed by atoms with Gasteiger partial charge >= 0.3 is 0 Å². The highest BCUT2D eigenvalue weighted by Crippen LogP contribution is 2.29. The first kappa shape index (κ1) is 19.2. The van der Waals surface area contributed by atoms with E-state index in [1.54, 1.807) is 7.11 Å². The van der Waals surface area contributed by atoms with Gasteiger partial charge in [-0.2, -0.15) is 5.10 Å². The number of rotatable bonds is 5. The van der Waals surface area contributed by atoms with Crippen molar-refractivity contribution in [2.75, 3.05) is 13.7 Å². The second kappa shape index (κ2) is 8.49. The molecule has 29 heavy (non-hydrogen) atoms. The monoisotopic (exact) mass is 449 g/mol. The fourth-order valence-corrected chi connectivity index (χ4v) is 3.44. The predicted octanol–water partition coefficient (Wildman–Crippen LogP) is 5.29. The van der Waals surface area contributed by atoms with Crippen LogP contribution in [0.2, 0.25) is 0 Å². The first-order chi connectivity index (χ1) is 14.2. The zero-order valence-electron chi connectivity index (χ0n) is 16.1. The summed E-state index contributed by atoms with van der Waals surface area (Å²) in [5.41, 5.74) is 7.65. The van der Waals surface area contributed by atoms with Crippen LogP contribution in [0.1, 0.15) is 23.6 Å². The van der Waals surface area contributed by atoms with Crippen LogP contribution < -0.4 is 14.9 Å². The Morgan fingerprint density at radius 2 is 1.59 bits per heavy atom. The van der Waals surface area contributed by atoms with Crippen LogP contribution in [-0.2, 0) is 0 Å². The number of hydrogen-bond acceptors (Lipinski definition) is 5. The zero-order chi connectivity index (χ0) is 20.2. The highest BCUT2D eigenvalue weighted by atomic mass is 79.9. The summed E-state index contributed by atoms with van der Waals surface area (Å²) in [6.45, 7) is 2.60. The zero-order valence-corrected chi connectivity index (χ0v) is 17.7. The van der Waals surface area contributed by atoms with Gasteiger partial charge in [0.25, 0.3) is 0 Å². The van der Waals surface area contributed by atoms with Crippen molar-refractivity contribution in [2.45, 2.75) is 6.92 Å². The van der Waals surface area contributed by atoms with E-state index in [9.17, 15) is 0 Å². The third-order valence-electron chi connectivity index (χ3n) is 4.52. The molecule has 0 atom stereocenters. The minimum absolute atomic E-state index is 0.635. The molecule has 3 aromatic rings. The van der Waals surface area contributed by atoms with Crippen LogP contribution in [0.5, 0.6) is 11.5 Å². The normalized spacial score (nSPS) is 12.8. The summed E-state index contributed by atoms with van der Waals surface area (Å²) in [5, 5.41) is 4.69. The van der Waals surface area contributed by atoms with Crippen molar-refractivity contribution in [3.05, 3.63) is 87.9 Å². The number of halogens is 1. The van der Waals surface area contributed by atoms with Crippen LogP contribution in [0.25, 0.3) is 0 Å². The van der Waals surface area contributed by atoms with E-state index >= 15 is 0 Å². The van der Waals surface area contributed by atoms with Gasteiger partial charge in [0.1, 0.15) is 17.2 Å². The molecule has 4 rings (SSSR count). The molecule has 1 heterocycles. The van der Waals surface area contributed by atoms with Gasteiger partial charge in [0.2, 0.25) is 0 Å². The molecule has 1 N–H and O–H groups in total. The Bertz CT molecular complexity index is 1070. The van der Waals surface area contributed by atoms with E-state index in [0.29, 0.717) is 12.4 Å². The molecule has 0 fully saturated rings. The standard InChI is InChI=1S/C23H20BrN3O2/c1-3-29-19-11-6-16(7-12-19)23-25-21-13-8-17(24)14-20(21)22(26-27-23)15-4-9-18(28-2)10-5-15/h4-14H,3H2,1-2H3,(H,25,27). The third-order valence-corrected chi connectivity index (χ3v) is 5.02. The molecule has 0 aliphatic carbocycles. The molecular weight excluding hydrogens is 430 g/mol. The van der Waals surface area contributed by atoms with Crippen molar-refractivity contribution in [3.63, 3.8) is 0 Å². The molecule has 0 spiro atoms. The maximum Gasteiger partial charge on any atom is 0.154 e. The van der Waals surface area contributed by atoms with Crippen LogP contribution in [-0.4, -0.2) is 25.3 Å². The minimum Gasteiger partial charge on any atom is -0.497 e.